The molecular weight excluding hydrogens is 285 g/mol. The van der Waals surface area contributed by atoms with Crippen molar-refractivity contribution >= 4 is 11.8 Å². The van der Waals surface area contributed by atoms with Gasteiger partial charge in [-0.25, -0.2) is 4.79 Å². The fraction of sp³-hybridized carbons (Fsp3) is 0.867. The smallest absolute Gasteiger partial charge is 0.455 e. The maximum absolute atomic E-state index is 12.2. The minimum absolute atomic E-state index is 0.00228. The number of halogens is 3. The van der Waals surface area contributed by atoms with Crippen LogP contribution in [0, 0.1) is 23.2 Å². The second-order valence-corrected chi connectivity index (χ2v) is 7.14. The van der Waals surface area contributed by atoms with E-state index < -0.39 is 18.2 Å². The minimum Gasteiger partial charge on any atom is -0.455 e. The Hall–Kier alpha value is -1.07. The van der Waals surface area contributed by atoms with Crippen LogP contribution < -0.4 is 0 Å². The number of Topliss-reactive ketones (excluding diaryl/α,β-unsaturated/α-hetero) is 1. The molecule has 0 saturated heterocycles. The molecule has 4 atom stereocenters. The lowest BCUT2D eigenvalue weighted by Gasteiger charge is -2.38. The summed E-state index contributed by atoms with van der Waals surface area (Å²) in [6.45, 7) is 5.63. The third kappa shape index (κ3) is 3.40. The molecule has 0 N–H and O–H groups in total. The maximum Gasteiger partial charge on any atom is 0.490 e. The average molecular weight is 306 g/mol. The van der Waals surface area contributed by atoms with Gasteiger partial charge in [0, 0.05) is 6.42 Å². The molecule has 0 radical (unpaired) electrons. The van der Waals surface area contributed by atoms with Gasteiger partial charge in [0.15, 0.2) is 0 Å². The summed E-state index contributed by atoms with van der Waals surface area (Å²) in [4.78, 5) is 22.3. The predicted molar refractivity (Wildman–Crippen MR) is 69.3 cm³/mol. The highest BCUT2D eigenvalue weighted by atomic mass is 19.4. The van der Waals surface area contributed by atoms with E-state index in [4.69, 9.17) is 0 Å². The highest BCUT2D eigenvalue weighted by Crippen LogP contribution is 2.56. The van der Waals surface area contributed by atoms with E-state index in [1.807, 2.05) is 13.8 Å². The van der Waals surface area contributed by atoms with Gasteiger partial charge in [0.1, 0.15) is 11.9 Å². The summed E-state index contributed by atoms with van der Waals surface area (Å²) in [5.74, 6) is -1.40. The second kappa shape index (κ2) is 5.29. The van der Waals surface area contributed by atoms with Crippen molar-refractivity contribution in [2.45, 2.75) is 58.7 Å². The van der Waals surface area contributed by atoms with Crippen LogP contribution in [-0.2, 0) is 14.3 Å². The summed E-state index contributed by atoms with van der Waals surface area (Å²) < 4.78 is 41.3. The molecule has 0 aromatic carbocycles. The van der Waals surface area contributed by atoms with E-state index in [9.17, 15) is 22.8 Å². The first-order chi connectivity index (χ1) is 9.50. The lowest BCUT2D eigenvalue weighted by atomic mass is 9.68. The Morgan fingerprint density at radius 3 is 2.14 bits per heavy atom. The molecule has 0 aromatic rings. The SMILES string of the molecule is CC(=O)CC(C)(C)C1CC2CC1CC2OC(=O)C(F)(F)F. The topological polar surface area (TPSA) is 43.4 Å². The Labute approximate surface area is 122 Å². The van der Waals surface area contributed by atoms with Crippen molar-refractivity contribution in [2.75, 3.05) is 0 Å². The van der Waals surface area contributed by atoms with E-state index in [2.05, 4.69) is 4.74 Å². The molecule has 2 saturated carbocycles. The van der Waals surface area contributed by atoms with Gasteiger partial charge in [-0.2, -0.15) is 13.2 Å². The van der Waals surface area contributed by atoms with Crippen LogP contribution >= 0.6 is 0 Å². The summed E-state index contributed by atoms with van der Waals surface area (Å²) in [5, 5.41) is 0. The molecule has 0 heterocycles. The Bertz CT molecular complexity index is 442. The van der Waals surface area contributed by atoms with Crippen molar-refractivity contribution in [1.82, 2.24) is 0 Å². The largest absolute Gasteiger partial charge is 0.490 e. The molecule has 3 nitrogen and oxygen atoms in total. The Morgan fingerprint density at radius 1 is 1.10 bits per heavy atom. The lowest BCUT2D eigenvalue weighted by molar-refractivity contribution is -0.207. The van der Waals surface area contributed by atoms with E-state index in [0.29, 0.717) is 18.8 Å². The fourth-order valence-corrected chi connectivity index (χ4v) is 4.30. The number of ketones is 1. The number of hydrogen-bond donors (Lipinski definition) is 0. The highest BCUT2D eigenvalue weighted by molar-refractivity contribution is 5.76. The Balaban J connectivity index is 1.96. The van der Waals surface area contributed by atoms with Gasteiger partial charge in [0.05, 0.1) is 0 Å². The van der Waals surface area contributed by atoms with Crippen molar-refractivity contribution in [3.8, 4) is 0 Å². The van der Waals surface area contributed by atoms with Crippen molar-refractivity contribution < 1.29 is 27.5 Å². The molecule has 2 aliphatic carbocycles. The monoisotopic (exact) mass is 306 g/mol. The highest BCUT2D eigenvalue weighted by Gasteiger charge is 2.53. The number of hydrogen-bond acceptors (Lipinski definition) is 3. The molecule has 0 aliphatic heterocycles. The molecule has 2 rings (SSSR count). The Kier molecular flexibility index (Phi) is 4.10. The van der Waals surface area contributed by atoms with Gasteiger partial charge < -0.3 is 9.53 Å². The molecule has 2 aliphatic rings. The fourth-order valence-electron chi connectivity index (χ4n) is 4.30. The molecule has 0 amide bonds. The molecule has 0 spiro atoms. The van der Waals surface area contributed by atoms with Crippen molar-refractivity contribution in [2.24, 2.45) is 23.2 Å². The van der Waals surface area contributed by atoms with Gasteiger partial charge in [-0.1, -0.05) is 13.8 Å². The number of esters is 1. The molecule has 0 aromatic heterocycles. The average Bonchev–Trinajstić information content (AvgIpc) is 2.85. The third-order valence-corrected chi connectivity index (χ3v) is 4.99. The summed E-state index contributed by atoms with van der Waals surface area (Å²) in [6, 6.07) is 0. The Morgan fingerprint density at radius 2 is 1.71 bits per heavy atom. The molecule has 120 valence electrons. The van der Waals surface area contributed by atoms with Gasteiger partial charge in [-0.15, -0.1) is 0 Å². The first-order valence-corrected chi connectivity index (χ1v) is 7.28. The lowest BCUT2D eigenvalue weighted by Crippen LogP contribution is -2.37. The molecule has 6 heteroatoms. The van der Waals surface area contributed by atoms with Gasteiger partial charge in [-0.3, -0.25) is 0 Å². The standard InChI is InChI=1S/C15H21F3O3/c1-8(19)7-14(2,3)11-5-10-4-9(11)6-12(10)21-13(20)15(16,17)18/h9-12H,4-7H2,1-3H3. The first kappa shape index (κ1) is 16.3. The van der Waals surface area contributed by atoms with Crippen LogP contribution in [0.2, 0.25) is 0 Å². The van der Waals surface area contributed by atoms with E-state index >= 15 is 0 Å². The molecule has 4 unspecified atom stereocenters. The van der Waals surface area contributed by atoms with E-state index in [1.165, 1.54) is 0 Å². The third-order valence-electron chi connectivity index (χ3n) is 4.99. The van der Waals surface area contributed by atoms with Crippen LogP contribution in [0.4, 0.5) is 13.2 Å². The van der Waals surface area contributed by atoms with Crippen molar-refractivity contribution in [3.05, 3.63) is 0 Å². The quantitative estimate of drug-likeness (QED) is 0.747. The number of rotatable bonds is 4. The zero-order chi connectivity index (χ0) is 16.0. The normalized spacial score (nSPS) is 32.3. The summed E-state index contributed by atoms with van der Waals surface area (Å²) in [5.41, 5.74) is -0.149. The van der Waals surface area contributed by atoms with Crippen LogP contribution in [0.5, 0.6) is 0 Å². The van der Waals surface area contributed by atoms with E-state index in [-0.39, 0.29) is 23.0 Å². The van der Waals surface area contributed by atoms with Crippen molar-refractivity contribution in [1.29, 1.82) is 0 Å². The first-order valence-electron chi connectivity index (χ1n) is 7.28. The molecule has 2 bridgehead atoms. The summed E-state index contributed by atoms with van der Waals surface area (Å²) in [7, 11) is 0. The summed E-state index contributed by atoms with van der Waals surface area (Å²) >= 11 is 0. The van der Waals surface area contributed by atoms with Crippen LogP contribution in [0.25, 0.3) is 0 Å². The van der Waals surface area contributed by atoms with Crippen LogP contribution in [0.1, 0.15) is 46.5 Å². The number of carbonyl (C=O) groups is 2. The zero-order valence-corrected chi connectivity index (χ0v) is 12.5. The zero-order valence-electron chi connectivity index (χ0n) is 12.5. The predicted octanol–water partition coefficient (Wildman–Crippen LogP) is 3.51. The van der Waals surface area contributed by atoms with Crippen LogP contribution in [-0.4, -0.2) is 24.0 Å². The van der Waals surface area contributed by atoms with Gasteiger partial charge in [-0.05, 0) is 49.4 Å². The second-order valence-electron chi connectivity index (χ2n) is 7.14. The maximum atomic E-state index is 12.2. The van der Waals surface area contributed by atoms with Crippen LogP contribution in [0.3, 0.4) is 0 Å². The number of alkyl halides is 3. The number of carbonyl (C=O) groups excluding carboxylic acids is 2. The van der Waals surface area contributed by atoms with Crippen molar-refractivity contribution in [3.63, 3.8) is 0 Å². The molecule has 2 fully saturated rings. The van der Waals surface area contributed by atoms with E-state index in [0.717, 1.165) is 12.8 Å². The van der Waals surface area contributed by atoms with E-state index in [1.54, 1.807) is 6.92 Å². The summed E-state index contributed by atoms with van der Waals surface area (Å²) in [6.07, 6.45) is -3.04. The minimum atomic E-state index is -4.92. The van der Waals surface area contributed by atoms with Gasteiger partial charge >= 0.3 is 12.1 Å². The number of ether oxygens (including phenoxy) is 1. The van der Waals surface area contributed by atoms with Crippen LogP contribution in [0.15, 0.2) is 0 Å². The molecular formula is C15H21F3O3. The van der Waals surface area contributed by atoms with Gasteiger partial charge in [0.25, 0.3) is 0 Å². The number of fused-ring (bicyclic) bond motifs is 2. The van der Waals surface area contributed by atoms with Gasteiger partial charge in [0.2, 0.25) is 0 Å². The molecule has 21 heavy (non-hydrogen) atoms.